The zero-order chi connectivity index (χ0) is 22.1. The molecule has 0 saturated carbocycles. The van der Waals surface area contributed by atoms with Crippen LogP contribution in [0.15, 0.2) is 48.5 Å². The molecule has 0 heterocycles. The van der Waals surface area contributed by atoms with Crippen LogP contribution < -0.4 is 20.7 Å². The van der Waals surface area contributed by atoms with Crippen LogP contribution in [0.1, 0.15) is 26.3 Å². The maximum Gasteiger partial charge on any atom is 0.408 e. The average Bonchev–Trinajstić information content (AvgIpc) is 2.65. The van der Waals surface area contributed by atoms with Gasteiger partial charge in [-0.15, -0.1) is 0 Å². The number of benzene rings is 2. The first kappa shape index (κ1) is 22.7. The lowest BCUT2D eigenvalue weighted by Crippen LogP contribution is -2.37. The molecule has 160 valence electrons. The molecule has 30 heavy (non-hydrogen) atoms. The largest absolute Gasteiger partial charge is 0.496 e. The van der Waals surface area contributed by atoms with Crippen molar-refractivity contribution in [3.05, 3.63) is 54.1 Å². The summed E-state index contributed by atoms with van der Waals surface area (Å²) < 4.78 is 10.3. The molecule has 0 aromatic heterocycles. The Morgan fingerprint density at radius 1 is 0.900 bits per heavy atom. The number of hydrogen-bond donors (Lipinski definition) is 3. The van der Waals surface area contributed by atoms with Gasteiger partial charge in [0.05, 0.1) is 13.5 Å². The van der Waals surface area contributed by atoms with Gasteiger partial charge in [-0.3, -0.25) is 9.59 Å². The molecule has 8 nitrogen and oxygen atoms in total. The van der Waals surface area contributed by atoms with Gasteiger partial charge in [-0.05, 0) is 45.0 Å². The van der Waals surface area contributed by atoms with Crippen LogP contribution in [0.3, 0.4) is 0 Å². The first-order valence-corrected chi connectivity index (χ1v) is 9.45. The van der Waals surface area contributed by atoms with Crippen LogP contribution >= 0.6 is 0 Å². The van der Waals surface area contributed by atoms with Crippen LogP contribution in [0, 0.1) is 0 Å². The van der Waals surface area contributed by atoms with E-state index in [1.165, 1.54) is 0 Å². The Kier molecular flexibility index (Phi) is 7.80. The van der Waals surface area contributed by atoms with Crippen LogP contribution in [-0.2, 0) is 20.7 Å². The van der Waals surface area contributed by atoms with Crippen LogP contribution in [0.2, 0.25) is 0 Å². The van der Waals surface area contributed by atoms with Crippen molar-refractivity contribution < 1.29 is 23.9 Å². The molecular weight excluding hydrogens is 386 g/mol. The van der Waals surface area contributed by atoms with E-state index < -0.39 is 17.6 Å². The van der Waals surface area contributed by atoms with Crippen LogP contribution in [0.5, 0.6) is 5.75 Å². The smallest absolute Gasteiger partial charge is 0.408 e. The topological polar surface area (TPSA) is 106 Å². The van der Waals surface area contributed by atoms with E-state index in [0.29, 0.717) is 17.1 Å². The normalized spacial score (nSPS) is 10.7. The molecule has 0 radical (unpaired) electrons. The third kappa shape index (κ3) is 7.83. The predicted molar refractivity (Wildman–Crippen MR) is 115 cm³/mol. The van der Waals surface area contributed by atoms with Crippen molar-refractivity contribution in [2.24, 2.45) is 0 Å². The van der Waals surface area contributed by atoms with E-state index in [-0.39, 0.29) is 18.9 Å². The first-order valence-electron chi connectivity index (χ1n) is 9.45. The van der Waals surface area contributed by atoms with Crippen molar-refractivity contribution >= 4 is 29.3 Å². The summed E-state index contributed by atoms with van der Waals surface area (Å²) in [5.74, 6) is 0.0130. The van der Waals surface area contributed by atoms with Crippen LogP contribution in [-0.4, -0.2) is 37.2 Å². The number of carbonyl (C=O) groups is 3. The molecule has 0 aliphatic rings. The highest BCUT2D eigenvalue weighted by molar-refractivity contribution is 5.96. The van der Waals surface area contributed by atoms with E-state index >= 15 is 0 Å². The number of alkyl carbamates (subject to hydrolysis) is 1. The van der Waals surface area contributed by atoms with Gasteiger partial charge in [0.15, 0.2) is 0 Å². The third-order valence-corrected chi connectivity index (χ3v) is 3.77. The minimum absolute atomic E-state index is 0.153. The molecule has 0 bridgehead atoms. The number of ether oxygens (including phenoxy) is 2. The van der Waals surface area contributed by atoms with Gasteiger partial charge < -0.3 is 25.4 Å². The molecule has 0 atom stereocenters. The summed E-state index contributed by atoms with van der Waals surface area (Å²) in [6.07, 6.45) is -0.518. The lowest BCUT2D eigenvalue weighted by molar-refractivity contribution is -0.116. The standard InChI is InChI=1S/C22H27N3O5/c1-22(2,3)30-21(28)23-14-20(27)25-17-10-7-9-16(13-17)24-19(26)12-15-8-5-6-11-18(15)29-4/h5-11,13H,12,14H2,1-4H3,(H,23,28)(H,24,26)(H,25,27). The molecule has 0 spiro atoms. The van der Waals surface area contributed by atoms with E-state index in [1.807, 2.05) is 18.2 Å². The molecule has 0 aliphatic carbocycles. The van der Waals surface area contributed by atoms with Crippen molar-refractivity contribution in [2.75, 3.05) is 24.3 Å². The number of methoxy groups -OCH3 is 1. The fraction of sp³-hybridized carbons (Fsp3) is 0.318. The number of hydrogen-bond acceptors (Lipinski definition) is 5. The molecule has 0 saturated heterocycles. The van der Waals surface area contributed by atoms with E-state index in [9.17, 15) is 14.4 Å². The Morgan fingerprint density at radius 3 is 2.17 bits per heavy atom. The summed E-state index contributed by atoms with van der Waals surface area (Å²) >= 11 is 0. The summed E-state index contributed by atoms with van der Waals surface area (Å²) in [5, 5.41) is 7.85. The van der Waals surface area contributed by atoms with E-state index in [1.54, 1.807) is 58.2 Å². The fourth-order valence-electron chi connectivity index (χ4n) is 2.57. The Bertz CT molecular complexity index is 906. The lowest BCUT2D eigenvalue weighted by atomic mass is 10.1. The lowest BCUT2D eigenvalue weighted by Gasteiger charge is -2.19. The molecule has 2 rings (SSSR count). The first-order chi connectivity index (χ1) is 14.2. The van der Waals surface area contributed by atoms with Crippen molar-refractivity contribution in [2.45, 2.75) is 32.8 Å². The molecular formula is C22H27N3O5. The second-order valence-corrected chi connectivity index (χ2v) is 7.52. The summed E-state index contributed by atoms with van der Waals surface area (Å²) in [6, 6.07) is 14.0. The van der Waals surface area contributed by atoms with Crippen molar-refractivity contribution in [1.29, 1.82) is 0 Å². The number of anilines is 2. The highest BCUT2D eigenvalue weighted by Crippen LogP contribution is 2.19. The number of nitrogens with one attached hydrogen (secondary N) is 3. The zero-order valence-electron chi connectivity index (χ0n) is 17.6. The summed E-state index contributed by atoms with van der Waals surface area (Å²) in [4.78, 5) is 36.0. The molecule has 0 fully saturated rings. The minimum Gasteiger partial charge on any atom is -0.496 e. The zero-order valence-corrected chi connectivity index (χ0v) is 17.6. The van der Waals surface area contributed by atoms with Gasteiger partial charge in [-0.25, -0.2) is 4.79 Å². The van der Waals surface area contributed by atoms with E-state index in [2.05, 4.69) is 16.0 Å². The SMILES string of the molecule is COc1ccccc1CC(=O)Nc1cccc(NC(=O)CNC(=O)OC(C)(C)C)c1. The van der Waals surface area contributed by atoms with Crippen LogP contribution in [0.25, 0.3) is 0 Å². The maximum atomic E-state index is 12.4. The summed E-state index contributed by atoms with van der Waals surface area (Å²) in [5.41, 5.74) is 1.15. The molecule has 2 aromatic rings. The Labute approximate surface area is 175 Å². The highest BCUT2D eigenvalue weighted by atomic mass is 16.6. The predicted octanol–water partition coefficient (Wildman–Crippen LogP) is 3.34. The minimum atomic E-state index is -0.671. The third-order valence-electron chi connectivity index (χ3n) is 3.77. The van der Waals surface area contributed by atoms with Crippen molar-refractivity contribution in [3.8, 4) is 5.75 Å². The van der Waals surface area contributed by atoms with Gasteiger partial charge in [0.2, 0.25) is 11.8 Å². The Hall–Kier alpha value is -3.55. The van der Waals surface area contributed by atoms with Gasteiger partial charge in [0, 0.05) is 16.9 Å². The molecule has 8 heteroatoms. The summed E-state index contributed by atoms with van der Waals surface area (Å²) in [6.45, 7) is 4.97. The molecule has 2 aromatic carbocycles. The number of rotatable bonds is 7. The molecule has 0 unspecified atom stereocenters. The van der Waals surface area contributed by atoms with Crippen molar-refractivity contribution in [1.82, 2.24) is 5.32 Å². The maximum absolute atomic E-state index is 12.4. The molecule has 3 N–H and O–H groups in total. The molecule has 0 aliphatic heterocycles. The van der Waals surface area contributed by atoms with E-state index in [0.717, 1.165) is 5.56 Å². The number of carbonyl (C=O) groups excluding carboxylic acids is 3. The summed E-state index contributed by atoms with van der Waals surface area (Å²) in [7, 11) is 1.56. The highest BCUT2D eigenvalue weighted by Gasteiger charge is 2.16. The molecule has 3 amide bonds. The van der Waals surface area contributed by atoms with Gasteiger partial charge >= 0.3 is 6.09 Å². The fourth-order valence-corrected chi connectivity index (χ4v) is 2.57. The van der Waals surface area contributed by atoms with Gasteiger partial charge in [0.1, 0.15) is 17.9 Å². The van der Waals surface area contributed by atoms with Gasteiger partial charge in [0.25, 0.3) is 0 Å². The quantitative estimate of drug-likeness (QED) is 0.646. The Morgan fingerprint density at radius 2 is 1.53 bits per heavy atom. The van der Waals surface area contributed by atoms with Gasteiger partial charge in [-0.1, -0.05) is 24.3 Å². The number of amides is 3. The van der Waals surface area contributed by atoms with Crippen molar-refractivity contribution in [3.63, 3.8) is 0 Å². The number of para-hydroxylation sites is 1. The second-order valence-electron chi connectivity index (χ2n) is 7.52. The second kappa shape index (κ2) is 10.3. The Balaban J connectivity index is 1.89. The van der Waals surface area contributed by atoms with E-state index in [4.69, 9.17) is 9.47 Å². The van der Waals surface area contributed by atoms with Crippen LogP contribution in [0.4, 0.5) is 16.2 Å². The monoisotopic (exact) mass is 413 g/mol. The van der Waals surface area contributed by atoms with Gasteiger partial charge in [-0.2, -0.15) is 0 Å². The average molecular weight is 413 g/mol.